The van der Waals surface area contributed by atoms with Crippen molar-refractivity contribution in [1.82, 2.24) is 10.3 Å². The zero-order valence-electron chi connectivity index (χ0n) is 8.66. The number of nitrogens with one attached hydrogen (secondary N) is 1. The molecule has 1 aromatic heterocycles. The lowest BCUT2D eigenvalue weighted by atomic mass is 10.4. The van der Waals surface area contributed by atoms with E-state index in [1.54, 1.807) is 11.3 Å². The van der Waals surface area contributed by atoms with Crippen molar-refractivity contribution in [3.8, 4) is 0 Å². The molecule has 5 heteroatoms. The van der Waals surface area contributed by atoms with Gasteiger partial charge >= 0.3 is 0 Å². The standard InChI is InChI=1S/C10H14N2OS2/c1-7-5-14-10(12-7)15-6-9(13)11-4-8-2-3-8/h5,8H,2-4,6H2,1H3,(H,11,13). The lowest BCUT2D eigenvalue weighted by Crippen LogP contribution is -2.27. The molecule has 0 unspecified atom stereocenters. The molecular weight excluding hydrogens is 228 g/mol. The van der Waals surface area contributed by atoms with E-state index in [2.05, 4.69) is 10.3 Å². The van der Waals surface area contributed by atoms with Crippen molar-refractivity contribution >= 4 is 29.0 Å². The molecule has 1 aliphatic carbocycles. The van der Waals surface area contributed by atoms with Crippen molar-refractivity contribution in [3.63, 3.8) is 0 Å². The first-order valence-electron chi connectivity index (χ1n) is 5.05. The third-order valence-electron chi connectivity index (χ3n) is 2.21. The maximum Gasteiger partial charge on any atom is 0.230 e. The molecule has 0 saturated heterocycles. The van der Waals surface area contributed by atoms with Crippen LogP contribution in [0.25, 0.3) is 0 Å². The summed E-state index contributed by atoms with van der Waals surface area (Å²) in [6, 6.07) is 0. The summed E-state index contributed by atoms with van der Waals surface area (Å²) in [5, 5.41) is 4.94. The van der Waals surface area contributed by atoms with Crippen molar-refractivity contribution in [3.05, 3.63) is 11.1 Å². The van der Waals surface area contributed by atoms with E-state index in [0.29, 0.717) is 5.75 Å². The van der Waals surface area contributed by atoms with Crippen molar-refractivity contribution in [1.29, 1.82) is 0 Å². The van der Waals surface area contributed by atoms with E-state index in [9.17, 15) is 4.79 Å². The van der Waals surface area contributed by atoms with Crippen LogP contribution in [-0.4, -0.2) is 23.2 Å². The molecule has 0 atom stereocenters. The predicted octanol–water partition coefficient (Wildman–Crippen LogP) is 2.07. The number of hydrogen-bond donors (Lipinski definition) is 1. The fourth-order valence-corrected chi connectivity index (χ4v) is 2.84. The molecule has 1 heterocycles. The Morgan fingerprint density at radius 2 is 2.53 bits per heavy atom. The molecule has 1 aliphatic rings. The van der Waals surface area contributed by atoms with Gasteiger partial charge in [-0.25, -0.2) is 4.98 Å². The number of amides is 1. The van der Waals surface area contributed by atoms with Crippen molar-refractivity contribution in [2.24, 2.45) is 5.92 Å². The molecule has 1 N–H and O–H groups in total. The van der Waals surface area contributed by atoms with Crippen LogP contribution < -0.4 is 5.32 Å². The first kappa shape index (κ1) is 11.0. The minimum Gasteiger partial charge on any atom is -0.355 e. The van der Waals surface area contributed by atoms with Crippen LogP contribution in [0.15, 0.2) is 9.72 Å². The van der Waals surface area contributed by atoms with E-state index in [-0.39, 0.29) is 5.91 Å². The number of hydrogen-bond acceptors (Lipinski definition) is 4. The highest BCUT2D eigenvalue weighted by Gasteiger charge is 2.21. The molecule has 0 aliphatic heterocycles. The van der Waals surface area contributed by atoms with Crippen LogP contribution in [0.1, 0.15) is 18.5 Å². The van der Waals surface area contributed by atoms with Gasteiger partial charge in [-0.3, -0.25) is 4.79 Å². The molecule has 2 rings (SSSR count). The fourth-order valence-electron chi connectivity index (χ4n) is 1.16. The van der Waals surface area contributed by atoms with Crippen LogP contribution >= 0.6 is 23.1 Å². The van der Waals surface area contributed by atoms with E-state index in [4.69, 9.17) is 0 Å². The van der Waals surface area contributed by atoms with Gasteiger partial charge in [-0.1, -0.05) is 11.8 Å². The first-order chi connectivity index (χ1) is 7.24. The molecule has 1 fully saturated rings. The molecular formula is C10H14N2OS2. The molecule has 82 valence electrons. The summed E-state index contributed by atoms with van der Waals surface area (Å²) in [6.45, 7) is 2.82. The first-order valence-corrected chi connectivity index (χ1v) is 6.92. The second kappa shape index (κ2) is 4.99. The minimum absolute atomic E-state index is 0.125. The number of thioether (sulfide) groups is 1. The quantitative estimate of drug-likeness (QED) is 0.804. The number of carbonyl (C=O) groups excluding carboxylic acids is 1. The number of rotatable bonds is 5. The molecule has 0 spiro atoms. The van der Waals surface area contributed by atoms with Crippen molar-refractivity contribution in [2.75, 3.05) is 12.3 Å². The maximum absolute atomic E-state index is 11.4. The molecule has 0 aromatic carbocycles. The van der Waals surface area contributed by atoms with Crippen molar-refractivity contribution in [2.45, 2.75) is 24.1 Å². The molecule has 0 bridgehead atoms. The maximum atomic E-state index is 11.4. The van der Waals surface area contributed by atoms with Gasteiger partial charge in [0.15, 0.2) is 4.34 Å². The Morgan fingerprint density at radius 1 is 1.73 bits per heavy atom. The summed E-state index contributed by atoms with van der Waals surface area (Å²) in [5.41, 5.74) is 1.03. The third-order valence-corrected chi connectivity index (χ3v) is 4.35. The molecule has 3 nitrogen and oxygen atoms in total. The van der Waals surface area contributed by atoms with Gasteiger partial charge in [0.25, 0.3) is 0 Å². The smallest absolute Gasteiger partial charge is 0.230 e. The van der Waals surface area contributed by atoms with Crippen LogP contribution in [0, 0.1) is 12.8 Å². The van der Waals surface area contributed by atoms with Crippen LogP contribution in [0.4, 0.5) is 0 Å². The van der Waals surface area contributed by atoms with Gasteiger partial charge in [-0.2, -0.15) is 0 Å². The number of aromatic nitrogens is 1. The minimum atomic E-state index is 0.125. The Labute approximate surface area is 97.7 Å². The average molecular weight is 242 g/mol. The van der Waals surface area contributed by atoms with E-state index in [1.807, 2.05) is 12.3 Å². The molecule has 1 saturated carbocycles. The average Bonchev–Trinajstić information content (AvgIpc) is 2.95. The van der Waals surface area contributed by atoms with Gasteiger partial charge in [0.1, 0.15) is 0 Å². The Morgan fingerprint density at radius 3 is 3.13 bits per heavy atom. The Kier molecular flexibility index (Phi) is 3.64. The van der Waals surface area contributed by atoms with Crippen LogP contribution in [0.3, 0.4) is 0 Å². The lowest BCUT2D eigenvalue weighted by Gasteiger charge is -2.01. The van der Waals surface area contributed by atoms with Gasteiger partial charge < -0.3 is 5.32 Å². The van der Waals surface area contributed by atoms with Crippen LogP contribution in [0.2, 0.25) is 0 Å². The molecule has 15 heavy (non-hydrogen) atoms. The highest BCUT2D eigenvalue weighted by Crippen LogP contribution is 2.27. The van der Waals surface area contributed by atoms with Crippen LogP contribution in [0.5, 0.6) is 0 Å². The topological polar surface area (TPSA) is 42.0 Å². The van der Waals surface area contributed by atoms with Gasteiger partial charge in [-0.05, 0) is 25.7 Å². The van der Waals surface area contributed by atoms with E-state index in [1.165, 1.54) is 24.6 Å². The summed E-state index contributed by atoms with van der Waals surface area (Å²) < 4.78 is 0.981. The Bertz CT molecular complexity index is 347. The highest BCUT2D eigenvalue weighted by atomic mass is 32.2. The second-order valence-electron chi connectivity index (χ2n) is 3.79. The summed E-state index contributed by atoms with van der Waals surface area (Å²) >= 11 is 3.12. The predicted molar refractivity (Wildman–Crippen MR) is 63.3 cm³/mol. The van der Waals surface area contributed by atoms with Gasteiger partial charge in [0.2, 0.25) is 5.91 Å². The summed E-state index contributed by atoms with van der Waals surface area (Å²) in [6.07, 6.45) is 2.55. The number of aryl methyl sites for hydroxylation is 1. The normalized spacial score (nSPS) is 15.3. The Balaban J connectivity index is 1.65. The lowest BCUT2D eigenvalue weighted by molar-refractivity contribution is -0.118. The van der Waals surface area contributed by atoms with Gasteiger partial charge in [-0.15, -0.1) is 11.3 Å². The second-order valence-corrected chi connectivity index (χ2v) is 5.87. The number of nitrogens with zero attached hydrogens (tertiary/aromatic N) is 1. The fraction of sp³-hybridized carbons (Fsp3) is 0.600. The molecule has 0 radical (unpaired) electrons. The highest BCUT2D eigenvalue weighted by molar-refractivity contribution is 8.01. The Hall–Kier alpha value is -0.550. The summed E-state index contributed by atoms with van der Waals surface area (Å²) in [4.78, 5) is 15.7. The number of carbonyl (C=O) groups is 1. The van der Waals surface area contributed by atoms with Crippen LogP contribution in [-0.2, 0) is 4.79 Å². The SMILES string of the molecule is Cc1csc(SCC(=O)NCC2CC2)n1. The largest absolute Gasteiger partial charge is 0.355 e. The monoisotopic (exact) mass is 242 g/mol. The molecule has 1 aromatic rings. The third kappa shape index (κ3) is 3.83. The van der Waals surface area contributed by atoms with E-state index >= 15 is 0 Å². The van der Waals surface area contributed by atoms with E-state index < -0.39 is 0 Å². The van der Waals surface area contributed by atoms with Gasteiger partial charge in [0.05, 0.1) is 5.75 Å². The van der Waals surface area contributed by atoms with Gasteiger partial charge in [0, 0.05) is 17.6 Å². The van der Waals surface area contributed by atoms with Crippen molar-refractivity contribution < 1.29 is 4.79 Å². The molecule has 1 amide bonds. The zero-order chi connectivity index (χ0) is 10.7. The zero-order valence-corrected chi connectivity index (χ0v) is 10.3. The van der Waals surface area contributed by atoms with E-state index in [0.717, 1.165) is 22.5 Å². The summed E-state index contributed by atoms with van der Waals surface area (Å²) in [7, 11) is 0. The number of thiazole rings is 1. The summed E-state index contributed by atoms with van der Waals surface area (Å²) in [5.74, 6) is 1.36.